The van der Waals surface area contributed by atoms with Crippen LogP contribution in [-0.2, 0) is 11.3 Å². The molecule has 4 rings (SSSR count). The monoisotopic (exact) mass is 423 g/mol. The first-order valence-electron chi connectivity index (χ1n) is 9.49. The fourth-order valence-electron chi connectivity index (χ4n) is 3.91. The molecule has 2 saturated heterocycles. The van der Waals surface area contributed by atoms with Crippen LogP contribution in [0.25, 0.3) is 0 Å². The largest absolute Gasteiger partial charge is 0.454 e. The molecule has 0 atom stereocenters. The summed E-state index contributed by atoms with van der Waals surface area (Å²) >= 11 is 3.56. The number of ether oxygens (including phenoxy) is 2. The topological polar surface area (TPSA) is 45.3 Å². The van der Waals surface area contributed by atoms with Gasteiger partial charge in [-0.2, -0.15) is 0 Å². The molecule has 26 heavy (non-hydrogen) atoms. The van der Waals surface area contributed by atoms with Crippen LogP contribution in [0.2, 0.25) is 0 Å². The molecule has 0 spiro atoms. The molecule has 7 heteroatoms. The average molecular weight is 424 g/mol. The molecule has 1 aromatic carbocycles. The number of hydrogen-bond acceptors (Lipinski definition) is 5. The molecule has 3 heterocycles. The van der Waals surface area contributed by atoms with Crippen molar-refractivity contribution in [3.8, 4) is 11.5 Å². The number of piperidine rings is 1. The second kappa shape index (κ2) is 8.15. The molecule has 142 valence electrons. The normalized spacial score (nSPS) is 21.2. The number of nitrogens with zero attached hydrogens (tertiary/aromatic N) is 3. The maximum atomic E-state index is 12.4. The zero-order valence-electron chi connectivity index (χ0n) is 15.1. The molecule has 2 fully saturated rings. The Balaban J connectivity index is 1.26. The minimum Gasteiger partial charge on any atom is -0.454 e. The van der Waals surface area contributed by atoms with E-state index >= 15 is 0 Å². The van der Waals surface area contributed by atoms with Crippen molar-refractivity contribution in [1.29, 1.82) is 0 Å². The Hall–Kier alpha value is -1.31. The van der Waals surface area contributed by atoms with Crippen LogP contribution in [0.5, 0.6) is 11.5 Å². The zero-order chi connectivity index (χ0) is 17.9. The summed E-state index contributed by atoms with van der Waals surface area (Å²) in [6.45, 7) is 7.51. The smallest absolute Gasteiger partial charge is 0.236 e. The Morgan fingerprint density at radius 1 is 0.962 bits per heavy atom. The van der Waals surface area contributed by atoms with Gasteiger partial charge in [-0.1, -0.05) is 0 Å². The number of amides is 1. The summed E-state index contributed by atoms with van der Waals surface area (Å²) in [5.74, 6) is 1.92. The lowest BCUT2D eigenvalue weighted by Crippen LogP contribution is -2.50. The molecular weight excluding hydrogens is 398 g/mol. The lowest BCUT2D eigenvalue weighted by Gasteiger charge is -2.36. The Morgan fingerprint density at radius 2 is 1.69 bits per heavy atom. The molecule has 6 nitrogen and oxygen atoms in total. The first kappa shape index (κ1) is 18.1. The van der Waals surface area contributed by atoms with Gasteiger partial charge in [0, 0.05) is 45.8 Å². The zero-order valence-corrected chi connectivity index (χ0v) is 16.7. The van der Waals surface area contributed by atoms with Crippen LogP contribution in [0.1, 0.15) is 24.8 Å². The first-order chi connectivity index (χ1) is 12.7. The number of rotatable bonds is 4. The van der Waals surface area contributed by atoms with Gasteiger partial charge < -0.3 is 14.4 Å². The Bertz CT molecular complexity index is 656. The molecule has 1 amide bonds. The van der Waals surface area contributed by atoms with Crippen molar-refractivity contribution in [2.45, 2.75) is 25.8 Å². The number of fused-ring (bicyclic) bond motifs is 1. The van der Waals surface area contributed by atoms with Gasteiger partial charge in [0.15, 0.2) is 11.5 Å². The number of carbonyl (C=O) groups is 1. The Labute approximate surface area is 163 Å². The van der Waals surface area contributed by atoms with E-state index in [4.69, 9.17) is 9.47 Å². The fourth-order valence-corrected chi connectivity index (χ4v) is 4.51. The predicted molar refractivity (Wildman–Crippen MR) is 102 cm³/mol. The summed E-state index contributed by atoms with van der Waals surface area (Å²) in [6.07, 6.45) is 3.58. The molecule has 0 saturated carbocycles. The number of likely N-dealkylation sites (tertiary alicyclic amines) is 1. The molecule has 0 unspecified atom stereocenters. The SMILES string of the molecule is O=C(CN1CCN(Cc2cc(Br)c3c(c2)OCO3)CC1)N1CCCCC1. The Morgan fingerprint density at radius 3 is 2.46 bits per heavy atom. The summed E-state index contributed by atoms with van der Waals surface area (Å²) in [5, 5.41) is 0. The highest BCUT2D eigenvalue weighted by Crippen LogP contribution is 2.40. The third-order valence-corrected chi connectivity index (χ3v) is 6.01. The van der Waals surface area contributed by atoms with Crippen LogP contribution in [0.4, 0.5) is 0 Å². The molecule has 3 aliphatic heterocycles. The lowest BCUT2D eigenvalue weighted by molar-refractivity contribution is -0.133. The molecule has 0 bridgehead atoms. The van der Waals surface area contributed by atoms with Gasteiger partial charge in [0.05, 0.1) is 11.0 Å². The van der Waals surface area contributed by atoms with Gasteiger partial charge in [-0.3, -0.25) is 14.6 Å². The highest BCUT2D eigenvalue weighted by Gasteiger charge is 2.24. The van der Waals surface area contributed by atoms with Crippen molar-refractivity contribution < 1.29 is 14.3 Å². The molecule has 1 aromatic rings. The van der Waals surface area contributed by atoms with Gasteiger partial charge in [-0.05, 0) is 52.9 Å². The van der Waals surface area contributed by atoms with E-state index in [1.807, 2.05) is 4.90 Å². The standard InChI is InChI=1S/C19H26BrN3O3/c20-16-10-15(11-17-19(16)26-14-25-17)12-21-6-8-22(9-7-21)13-18(24)23-4-2-1-3-5-23/h10-11H,1-9,12-14H2. The van der Waals surface area contributed by atoms with Crippen molar-refractivity contribution >= 4 is 21.8 Å². The van der Waals surface area contributed by atoms with E-state index < -0.39 is 0 Å². The van der Waals surface area contributed by atoms with E-state index in [9.17, 15) is 4.79 Å². The number of benzene rings is 1. The number of carbonyl (C=O) groups excluding carboxylic acids is 1. The van der Waals surface area contributed by atoms with E-state index in [2.05, 4.69) is 37.9 Å². The number of piperazine rings is 1. The van der Waals surface area contributed by atoms with Gasteiger partial charge in [-0.15, -0.1) is 0 Å². The van der Waals surface area contributed by atoms with E-state index in [1.54, 1.807) is 0 Å². The summed E-state index contributed by atoms with van der Waals surface area (Å²) in [5.41, 5.74) is 1.22. The van der Waals surface area contributed by atoms with Gasteiger partial charge in [0.1, 0.15) is 0 Å². The summed E-state index contributed by atoms with van der Waals surface area (Å²) in [4.78, 5) is 19.2. The van der Waals surface area contributed by atoms with E-state index in [0.29, 0.717) is 19.2 Å². The molecule has 0 N–H and O–H groups in total. The molecule has 0 aromatic heterocycles. The number of hydrogen-bond donors (Lipinski definition) is 0. The van der Waals surface area contributed by atoms with E-state index in [0.717, 1.165) is 74.6 Å². The van der Waals surface area contributed by atoms with Gasteiger partial charge in [0.2, 0.25) is 12.7 Å². The summed E-state index contributed by atoms with van der Waals surface area (Å²) in [6, 6.07) is 4.18. The fraction of sp³-hybridized carbons (Fsp3) is 0.632. The molecule has 3 aliphatic rings. The molecular formula is C19H26BrN3O3. The minimum atomic E-state index is 0.293. The van der Waals surface area contributed by atoms with Crippen LogP contribution in [0.15, 0.2) is 16.6 Å². The third-order valence-electron chi connectivity index (χ3n) is 5.43. The second-order valence-corrected chi connectivity index (χ2v) is 8.16. The summed E-state index contributed by atoms with van der Waals surface area (Å²) in [7, 11) is 0. The third kappa shape index (κ3) is 4.15. The highest BCUT2D eigenvalue weighted by atomic mass is 79.9. The van der Waals surface area contributed by atoms with Crippen LogP contribution in [-0.4, -0.2) is 73.2 Å². The van der Waals surface area contributed by atoms with Gasteiger partial charge >= 0.3 is 0 Å². The average Bonchev–Trinajstić information content (AvgIpc) is 3.13. The van der Waals surface area contributed by atoms with Gasteiger partial charge in [-0.25, -0.2) is 0 Å². The molecule has 0 aliphatic carbocycles. The summed E-state index contributed by atoms with van der Waals surface area (Å²) < 4.78 is 11.9. The molecule has 0 radical (unpaired) electrons. The van der Waals surface area contributed by atoms with Crippen molar-refractivity contribution in [1.82, 2.24) is 14.7 Å². The highest BCUT2D eigenvalue weighted by molar-refractivity contribution is 9.10. The van der Waals surface area contributed by atoms with Crippen molar-refractivity contribution in [3.05, 3.63) is 22.2 Å². The maximum Gasteiger partial charge on any atom is 0.236 e. The number of halogens is 1. The first-order valence-corrected chi connectivity index (χ1v) is 10.3. The van der Waals surface area contributed by atoms with Crippen molar-refractivity contribution in [3.63, 3.8) is 0 Å². The van der Waals surface area contributed by atoms with Crippen LogP contribution in [0, 0.1) is 0 Å². The van der Waals surface area contributed by atoms with Crippen LogP contribution >= 0.6 is 15.9 Å². The van der Waals surface area contributed by atoms with E-state index in [1.165, 1.54) is 12.0 Å². The van der Waals surface area contributed by atoms with Crippen molar-refractivity contribution in [2.75, 3.05) is 52.6 Å². The minimum absolute atomic E-state index is 0.293. The predicted octanol–water partition coefficient (Wildman–Crippen LogP) is 2.31. The quantitative estimate of drug-likeness (QED) is 0.743. The second-order valence-electron chi connectivity index (χ2n) is 7.31. The van der Waals surface area contributed by atoms with Crippen LogP contribution < -0.4 is 9.47 Å². The Kier molecular flexibility index (Phi) is 5.66. The van der Waals surface area contributed by atoms with E-state index in [-0.39, 0.29) is 0 Å². The maximum absolute atomic E-state index is 12.4. The van der Waals surface area contributed by atoms with Gasteiger partial charge in [0.25, 0.3) is 0 Å². The van der Waals surface area contributed by atoms with Crippen molar-refractivity contribution in [2.24, 2.45) is 0 Å². The lowest BCUT2D eigenvalue weighted by atomic mass is 10.1. The van der Waals surface area contributed by atoms with Crippen LogP contribution in [0.3, 0.4) is 0 Å².